The number of benzene rings is 1. The molecule has 0 bridgehead atoms. The number of carbonyl (C=O) groups is 1. The van der Waals surface area contributed by atoms with Crippen LogP contribution in [-0.2, 0) is 4.79 Å². The zero-order valence-electron chi connectivity index (χ0n) is 19.2. The molecule has 0 atom stereocenters. The molecule has 2 aliphatic rings. The Hall–Kier alpha value is -3.24. The second-order valence-corrected chi connectivity index (χ2v) is 10.1. The van der Waals surface area contributed by atoms with Gasteiger partial charge in [0.15, 0.2) is 0 Å². The highest BCUT2D eigenvalue weighted by atomic mass is 32.1. The molecule has 2 saturated heterocycles. The average molecular weight is 477 g/mol. The molecular formula is C24H28N8OS. The van der Waals surface area contributed by atoms with Gasteiger partial charge >= 0.3 is 0 Å². The molecule has 0 saturated carbocycles. The van der Waals surface area contributed by atoms with Crippen molar-refractivity contribution >= 4 is 27.3 Å². The summed E-state index contributed by atoms with van der Waals surface area (Å²) in [6.45, 7) is 5.38. The number of hydrogen-bond donors (Lipinski definition) is 0. The van der Waals surface area contributed by atoms with E-state index in [1.807, 2.05) is 39.8 Å². The second kappa shape index (κ2) is 8.84. The highest BCUT2D eigenvalue weighted by Gasteiger charge is 2.31. The fraction of sp³-hybridized carbons (Fsp3) is 0.417. The summed E-state index contributed by atoms with van der Waals surface area (Å²) in [6.07, 6.45) is 7.47. The summed E-state index contributed by atoms with van der Waals surface area (Å²) in [6, 6.07) is 10.1. The largest absolute Gasteiger partial charge is 0.347 e. The number of hydrogen-bond acceptors (Lipinski definition) is 7. The number of piperazine rings is 1. The predicted octanol–water partition coefficient (Wildman–Crippen LogP) is 2.63. The van der Waals surface area contributed by atoms with Crippen molar-refractivity contribution in [2.24, 2.45) is 5.92 Å². The van der Waals surface area contributed by atoms with E-state index in [9.17, 15) is 4.79 Å². The molecular weight excluding hydrogens is 448 g/mol. The van der Waals surface area contributed by atoms with Crippen molar-refractivity contribution in [1.29, 1.82) is 0 Å². The lowest BCUT2D eigenvalue weighted by molar-refractivity contribution is -0.137. The quantitative estimate of drug-likeness (QED) is 0.451. The van der Waals surface area contributed by atoms with Crippen LogP contribution in [0, 0.1) is 5.92 Å². The molecule has 0 N–H and O–H groups in total. The maximum Gasteiger partial charge on any atom is 0.225 e. The van der Waals surface area contributed by atoms with Crippen molar-refractivity contribution in [1.82, 2.24) is 34.2 Å². The fourth-order valence-corrected chi connectivity index (χ4v) is 5.70. The third-order valence-electron chi connectivity index (χ3n) is 6.89. The molecule has 6 rings (SSSR count). The molecule has 1 amide bonds. The Kier molecular flexibility index (Phi) is 5.54. The molecule has 10 heteroatoms. The summed E-state index contributed by atoms with van der Waals surface area (Å²) in [4.78, 5) is 25.3. The molecule has 2 fully saturated rings. The van der Waals surface area contributed by atoms with Gasteiger partial charge in [-0.2, -0.15) is 5.10 Å². The number of likely N-dealkylation sites (N-methyl/N-ethyl adjacent to an activating group) is 1. The first-order chi connectivity index (χ1) is 16.6. The number of fused-ring (bicyclic) bond motifs is 1. The number of anilines is 1. The molecule has 9 nitrogen and oxygen atoms in total. The van der Waals surface area contributed by atoms with Crippen LogP contribution in [-0.4, -0.2) is 86.4 Å². The zero-order chi connectivity index (χ0) is 23.1. The van der Waals surface area contributed by atoms with E-state index >= 15 is 0 Å². The molecule has 2 aliphatic heterocycles. The van der Waals surface area contributed by atoms with E-state index in [2.05, 4.69) is 39.0 Å². The molecule has 0 radical (unpaired) electrons. The van der Waals surface area contributed by atoms with Crippen LogP contribution in [0.1, 0.15) is 12.8 Å². The van der Waals surface area contributed by atoms with Crippen LogP contribution in [0.5, 0.6) is 0 Å². The van der Waals surface area contributed by atoms with Crippen molar-refractivity contribution in [2.45, 2.75) is 12.8 Å². The van der Waals surface area contributed by atoms with Gasteiger partial charge in [0.2, 0.25) is 16.0 Å². The molecule has 0 unspecified atom stereocenters. The number of amides is 1. The van der Waals surface area contributed by atoms with Crippen LogP contribution >= 0.6 is 11.3 Å². The highest BCUT2D eigenvalue weighted by Crippen LogP contribution is 2.30. The van der Waals surface area contributed by atoms with Gasteiger partial charge in [0.05, 0.1) is 17.6 Å². The molecule has 0 spiro atoms. The number of aromatic nitrogens is 5. The smallest absolute Gasteiger partial charge is 0.225 e. The van der Waals surface area contributed by atoms with E-state index < -0.39 is 0 Å². The van der Waals surface area contributed by atoms with Gasteiger partial charge in [-0.05, 0) is 38.1 Å². The van der Waals surface area contributed by atoms with Gasteiger partial charge in [-0.15, -0.1) is 5.10 Å². The van der Waals surface area contributed by atoms with E-state index in [1.54, 1.807) is 17.5 Å². The van der Waals surface area contributed by atoms with Gasteiger partial charge < -0.3 is 14.7 Å². The van der Waals surface area contributed by atoms with Crippen LogP contribution < -0.4 is 4.90 Å². The van der Waals surface area contributed by atoms with E-state index in [0.717, 1.165) is 79.1 Å². The van der Waals surface area contributed by atoms with Gasteiger partial charge in [-0.1, -0.05) is 23.5 Å². The third kappa shape index (κ3) is 4.07. The maximum absolute atomic E-state index is 12.9. The first-order valence-corrected chi connectivity index (χ1v) is 12.6. The van der Waals surface area contributed by atoms with Crippen molar-refractivity contribution in [3.8, 4) is 16.9 Å². The standard InChI is InChI=1S/C24H28N8OS/c1-28-13-15-29(16-14-28)22(33)19-7-11-30(12-8-19)24-27-32-17-21(26-23(32)34-24)18-3-5-20(6-4-18)31-10-2-9-25-31/h2-6,9-10,17,19H,7-8,11-16H2,1H3. The summed E-state index contributed by atoms with van der Waals surface area (Å²) in [5.41, 5.74) is 2.98. The summed E-state index contributed by atoms with van der Waals surface area (Å²) >= 11 is 1.61. The number of imidazole rings is 1. The lowest BCUT2D eigenvalue weighted by atomic mass is 9.95. The summed E-state index contributed by atoms with van der Waals surface area (Å²) in [5, 5.41) is 10.0. The minimum Gasteiger partial charge on any atom is -0.347 e. The van der Waals surface area contributed by atoms with E-state index in [1.165, 1.54) is 0 Å². The van der Waals surface area contributed by atoms with Crippen molar-refractivity contribution in [2.75, 3.05) is 51.2 Å². The van der Waals surface area contributed by atoms with Gasteiger partial charge in [0.1, 0.15) is 0 Å². The average Bonchev–Trinajstić information content (AvgIpc) is 3.62. The molecule has 5 heterocycles. The minimum atomic E-state index is 0.139. The normalized spacial score (nSPS) is 18.1. The third-order valence-corrected chi connectivity index (χ3v) is 7.88. The van der Waals surface area contributed by atoms with Crippen molar-refractivity contribution in [3.05, 3.63) is 48.9 Å². The van der Waals surface area contributed by atoms with E-state index in [0.29, 0.717) is 5.91 Å². The molecule has 0 aliphatic carbocycles. The Morgan fingerprint density at radius 3 is 2.47 bits per heavy atom. The Bertz CT molecular complexity index is 1230. The summed E-state index contributed by atoms with van der Waals surface area (Å²) in [5.74, 6) is 0.477. The lowest BCUT2D eigenvalue weighted by Crippen LogP contribution is -2.50. The first kappa shape index (κ1) is 21.3. The van der Waals surface area contributed by atoms with Crippen LogP contribution in [0.15, 0.2) is 48.9 Å². The van der Waals surface area contributed by atoms with Gasteiger partial charge in [0.25, 0.3) is 0 Å². The topological polar surface area (TPSA) is 74.8 Å². The van der Waals surface area contributed by atoms with Crippen LogP contribution in [0.3, 0.4) is 0 Å². The Morgan fingerprint density at radius 1 is 1.03 bits per heavy atom. The fourth-order valence-electron chi connectivity index (χ4n) is 4.77. The number of rotatable bonds is 4. The Balaban J connectivity index is 1.10. The van der Waals surface area contributed by atoms with Crippen LogP contribution in [0.2, 0.25) is 0 Å². The predicted molar refractivity (Wildman–Crippen MR) is 132 cm³/mol. The summed E-state index contributed by atoms with van der Waals surface area (Å²) < 4.78 is 3.71. The lowest BCUT2D eigenvalue weighted by Gasteiger charge is -2.37. The highest BCUT2D eigenvalue weighted by molar-refractivity contribution is 7.20. The number of nitrogens with zero attached hydrogens (tertiary/aromatic N) is 8. The van der Waals surface area contributed by atoms with Gasteiger partial charge in [-0.3, -0.25) is 4.79 Å². The Morgan fingerprint density at radius 2 is 1.79 bits per heavy atom. The van der Waals surface area contributed by atoms with E-state index in [-0.39, 0.29) is 5.92 Å². The number of carbonyl (C=O) groups excluding carboxylic acids is 1. The van der Waals surface area contributed by atoms with Gasteiger partial charge in [-0.25, -0.2) is 14.2 Å². The minimum absolute atomic E-state index is 0.139. The number of piperidine rings is 1. The summed E-state index contributed by atoms with van der Waals surface area (Å²) in [7, 11) is 2.12. The first-order valence-electron chi connectivity index (χ1n) is 11.8. The monoisotopic (exact) mass is 476 g/mol. The van der Waals surface area contributed by atoms with Crippen LogP contribution in [0.4, 0.5) is 5.13 Å². The molecule has 34 heavy (non-hydrogen) atoms. The van der Waals surface area contributed by atoms with Crippen LogP contribution in [0.25, 0.3) is 21.9 Å². The molecule has 176 valence electrons. The second-order valence-electron chi connectivity index (χ2n) is 9.13. The molecule has 3 aromatic heterocycles. The van der Waals surface area contributed by atoms with Gasteiger partial charge in [0, 0.05) is 63.1 Å². The SMILES string of the molecule is CN1CCN(C(=O)C2CCN(c3nn4cc(-c5ccc(-n6cccn6)cc5)nc4s3)CC2)CC1. The van der Waals surface area contributed by atoms with E-state index in [4.69, 9.17) is 10.1 Å². The zero-order valence-corrected chi connectivity index (χ0v) is 20.1. The Labute approximate surface area is 202 Å². The van der Waals surface area contributed by atoms with Crippen molar-refractivity contribution < 1.29 is 4.79 Å². The molecule has 1 aromatic carbocycles. The maximum atomic E-state index is 12.9. The van der Waals surface area contributed by atoms with Crippen molar-refractivity contribution in [3.63, 3.8) is 0 Å². The molecule has 4 aromatic rings.